The number of ether oxygens (including phenoxy) is 1. The van der Waals surface area contributed by atoms with E-state index < -0.39 is 5.97 Å². The minimum atomic E-state index is -0.579. The molecule has 1 heterocycles. The first-order chi connectivity index (χ1) is 14.7. The van der Waals surface area contributed by atoms with Crippen LogP contribution in [0.1, 0.15) is 31.8 Å². The number of carbonyl (C=O) groups excluding carboxylic acids is 2. The van der Waals surface area contributed by atoms with Crippen LogP contribution in [0, 0.1) is 0 Å². The zero-order valence-corrected chi connectivity index (χ0v) is 15.9. The van der Waals surface area contributed by atoms with Crippen molar-refractivity contribution >= 4 is 11.8 Å². The number of benzene rings is 3. The fraction of sp³-hybridized carbons (Fsp3) is 0.0870. The smallest absolute Gasteiger partial charge is 0.338 e. The molecule has 0 spiro atoms. The van der Waals surface area contributed by atoms with Gasteiger partial charge < -0.3 is 4.74 Å². The van der Waals surface area contributed by atoms with Crippen LogP contribution in [-0.4, -0.2) is 38.6 Å². The van der Waals surface area contributed by atoms with E-state index in [0.717, 1.165) is 17.5 Å². The Morgan fingerprint density at radius 3 is 2.63 bits per heavy atom. The summed E-state index contributed by atoms with van der Waals surface area (Å²) in [7, 11) is 0. The summed E-state index contributed by atoms with van der Waals surface area (Å²) in [6.07, 6.45) is 2.30. The molecule has 0 saturated heterocycles. The predicted octanol–water partition coefficient (Wildman–Crippen LogP) is 3.27. The number of tetrazole rings is 1. The molecule has 3 aromatic carbocycles. The van der Waals surface area contributed by atoms with Gasteiger partial charge in [0.05, 0.1) is 11.3 Å². The van der Waals surface area contributed by atoms with Gasteiger partial charge in [-0.05, 0) is 63.4 Å². The number of nitrogens with zero attached hydrogens (tertiary/aromatic N) is 4. The Balaban J connectivity index is 1.29. The molecule has 5 rings (SSSR count). The number of hydrogen-bond acceptors (Lipinski definition) is 6. The van der Waals surface area contributed by atoms with Gasteiger partial charge >= 0.3 is 5.97 Å². The van der Waals surface area contributed by atoms with Gasteiger partial charge in [0.15, 0.2) is 12.4 Å². The van der Waals surface area contributed by atoms with Gasteiger partial charge in [-0.1, -0.05) is 42.5 Å². The molecular formula is C23H16N4O3. The van der Waals surface area contributed by atoms with E-state index in [4.69, 9.17) is 4.74 Å². The molecular weight excluding hydrogens is 380 g/mol. The SMILES string of the molecule is O=C(COC(=O)c1cccc(-n2cnnn2)c1)c1ccc2c(c1)-c1ccccc1C2. The topological polar surface area (TPSA) is 87.0 Å². The van der Waals surface area contributed by atoms with Crippen molar-refractivity contribution in [1.29, 1.82) is 0 Å². The number of carbonyl (C=O) groups is 2. The molecule has 0 atom stereocenters. The summed E-state index contributed by atoms with van der Waals surface area (Å²) in [5, 5.41) is 10.9. The fourth-order valence-corrected chi connectivity index (χ4v) is 3.65. The van der Waals surface area contributed by atoms with Crippen LogP contribution in [0.15, 0.2) is 73.1 Å². The quantitative estimate of drug-likeness (QED) is 0.335. The van der Waals surface area contributed by atoms with Crippen LogP contribution in [0.5, 0.6) is 0 Å². The second-order valence-corrected chi connectivity index (χ2v) is 7.01. The Kier molecular flexibility index (Phi) is 4.40. The molecule has 0 unspecified atom stereocenters. The lowest BCUT2D eigenvalue weighted by atomic mass is 10.0. The van der Waals surface area contributed by atoms with Crippen LogP contribution in [-0.2, 0) is 11.2 Å². The first-order valence-corrected chi connectivity index (χ1v) is 9.44. The van der Waals surface area contributed by atoms with Crippen LogP contribution in [0.2, 0.25) is 0 Å². The van der Waals surface area contributed by atoms with Gasteiger partial charge in [-0.2, -0.15) is 0 Å². The van der Waals surface area contributed by atoms with Gasteiger partial charge in [-0.25, -0.2) is 9.48 Å². The maximum atomic E-state index is 12.6. The van der Waals surface area contributed by atoms with E-state index in [9.17, 15) is 9.59 Å². The third-order valence-electron chi connectivity index (χ3n) is 5.15. The zero-order chi connectivity index (χ0) is 20.5. The highest BCUT2D eigenvalue weighted by molar-refractivity contribution is 6.00. The molecule has 7 heteroatoms. The number of Topliss-reactive ketones (excluding diaryl/α,β-unsaturated/α-hetero) is 1. The largest absolute Gasteiger partial charge is 0.454 e. The average Bonchev–Trinajstić information content (AvgIpc) is 3.45. The van der Waals surface area contributed by atoms with Gasteiger partial charge in [-0.3, -0.25) is 4.79 Å². The van der Waals surface area contributed by atoms with Gasteiger partial charge in [0.25, 0.3) is 0 Å². The standard InChI is InChI=1S/C23H16N4O3/c28-22(17-9-8-16-10-15-4-1-2-7-20(15)21(16)12-17)13-30-23(29)18-5-3-6-19(11-18)27-14-24-25-26-27/h1-9,11-12,14H,10,13H2. The first-order valence-electron chi connectivity index (χ1n) is 9.44. The van der Waals surface area contributed by atoms with E-state index >= 15 is 0 Å². The molecule has 0 amide bonds. The van der Waals surface area contributed by atoms with Crippen molar-refractivity contribution in [2.75, 3.05) is 6.61 Å². The molecule has 30 heavy (non-hydrogen) atoms. The van der Waals surface area contributed by atoms with Crippen molar-refractivity contribution in [2.24, 2.45) is 0 Å². The molecule has 4 aromatic rings. The molecule has 0 bridgehead atoms. The van der Waals surface area contributed by atoms with Crippen molar-refractivity contribution in [3.63, 3.8) is 0 Å². The summed E-state index contributed by atoms with van der Waals surface area (Å²) in [6.45, 7) is -0.325. The summed E-state index contributed by atoms with van der Waals surface area (Å²) in [5.74, 6) is -0.822. The van der Waals surface area contributed by atoms with E-state index in [0.29, 0.717) is 16.8 Å². The lowest BCUT2D eigenvalue weighted by Crippen LogP contribution is -2.14. The first kappa shape index (κ1) is 17.9. The summed E-state index contributed by atoms with van der Waals surface area (Å²) >= 11 is 0. The lowest BCUT2D eigenvalue weighted by Gasteiger charge is -2.08. The highest BCUT2D eigenvalue weighted by atomic mass is 16.5. The maximum absolute atomic E-state index is 12.6. The summed E-state index contributed by atoms with van der Waals surface area (Å²) in [5.41, 5.74) is 6.14. The van der Waals surface area contributed by atoms with Crippen LogP contribution in [0.4, 0.5) is 0 Å². The van der Waals surface area contributed by atoms with Crippen molar-refractivity contribution in [3.8, 4) is 16.8 Å². The summed E-state index contributed by atoms with van der Waals surface area (Å²) < 4.78 is 6.69. The van der Waals surface area contributed by atoms with Crippen LogP contribution in [0.25, 0.3) is 16.8 Å². The molecule has 0 fully saturated rings. The maximum Gasteiger partial charge on any atom is 0.338 e. The highest BCUT2D eigenvalue weighted by Gasteiger charge is 2.20. The zero-order valence-electron chi connectivity index (χ0n) is 15.9. The number of esters is 1. The Bertz CT molecular complexity index is 1270. The van der Waals surface area contributed by atoms with E-state index in [1.54, 1.807) is 30.3 Å². The molecule has 1 aromatic heterocycles. The van der Waals surface area contributed by atoms with E-state index in [-0.39, 0.29) is 12.4 Å². The average molecular weight is 396 g/mol. The fourth-order valence-electron chi connectivity index (χ4n) is 3.65. The molecule has 0 aliphatic heterocycles. The van der Waals surface area contributed by atoms with Crippen molar-refractivity contribution < 1.29 is 14.3 Å². The summed E-state index contributed by atoms with van der Waals surface area (Å²) in [6, 6.07) is 20.5. The van der Waals surface area contributed by atoms with Crippen molar-refractivity contribution in [1.82, 2.24) is 20.2 Å². The van der Waals surface area contributed by atoms with Crippen LogP contribution in [0.3, 0.4) is 0 Å². The minimum Gasteiger partial charge on any atom is -0.454 e. The number of rotatable bonds is 5. The highest BCUT2D eigenvalue weighted by Crippen LogP contribution is 2.36. The molecule has 0 radical (unpaired) electrons. The van der Waals surface area contributed by atoms with Crippen molar-refractivity contribution in [3.05, 3.63) is 95.3 Å². The predicted molar refractivity (Wildman–Crippen MR) is 108 cm³/mol. The minimum absolute atomic E-state index is 0.243. The van der Waals surface area contributed by atoms with E-state index in [2.05, 4.69) is 27.7 Å². The second kappa shape index (κ2) is 7.36. The monoisotopic (exact) mass is 396 g/mol. The van der Waals surface area contributed by atoms with Gasteiger partial charge in [0.2, 0.25) is 0 Å². The molecule has 7 nitrogen and oxygen atoms in total. The molecule has 0 N–H and O–H groups in total. The Morgan fingerprint density at radius 2 is 1.77 bits per heavy atom. The molecule has 1 aliphatic rings. The third kappa shape index (κ3) is 3.26. The van der Waals surface area contributed by atoms with Gasteiger partial charge in [0.1, 0.15) is 6.33 Å². The second-order valence-electron chi connectivity index (χ2n) is 7.01. The lowest BCUT2D eigenvalue weighted by molar-refractivity contribution is 0.0474. The Hall–Kier alpha value is -4.13. The van der Waals surface area contributed by atoms with E-state index in [1.807, 2.05) is 24.3 Å². The molecule has 1 aliphatic carbocycles. The Labute approximate surface area is 171 Å². The normalized spacial score (nSPS) is 11.6. The van der Waals surface area contributed by atoms with E-state index in [1.165, 1.54) is 22.1 Å². The summed E-state index contributed by atoms with van der Waals surface area (Å²) in [4.78, 5) is 25.1. The van der Waals surface area contributed by atoms with Crippen LogP contribution >= 0.6 is 0 Å². The number of aromatic nitrogens is 4. The van der Waals surface area contributed by atoms with Gasteiger partial charge in [0, 0.05) is 5.56 Å². The van der Waals surface area contributed by atoms with Crippen molar-refractivity contribution in [2.45, 2.75) is 6.42 Å². The third-order valence-corrected chi connectivity index (χ3v) is 5.15. The Morgan fingerprint density at radius 1 is 0.900 bits per heavy atom. The van der Waals surface area contributed by atoms with Crippen LogP contribution < -0.4 is 0 Å². The number of ketones is 1. The molecule has 0 saturated carbocycles. The molecule has 146 valence electrons. The van der Waals surface area contributed by atoms with Gasteiger partial charge in [-0.15, -0.1) is 5.10 Å². The number of hydrogen-bond donors (Lipinski definition) is 0. The number of fused-ring (bicyclic) bond motifs is 3.